The second-order valence-corrected chi connectivity index (χ2v) is 16.6. The lowest BCUT2D eigenvalue weighted by Gasteiger charge is -2.44. The number of rotatable bonds is 9. The van der Waals surface area contributed by atoms with Gasteiger partial charge in [0, 0.05) is 104 Å². The summed E-state index contributed by atoms with van der Waals surface area (Å²) >= 11 is 12.7. The van der Waals surface area contributed by atoms with Gasteiger partial charge in [-0.1, -0.05) is 35.3 Å². The van der Waals surface area contributed by atoms with Gasteiger partial charge in [-0.3, -0.25) is 44.5 Å². The largest absolute Gasteiger partial charge is 0.486 e. The van der Waals surface area contributed by atoms with Crippen molar-refractivity contribution >= 4 is 63.1 Å². The van der Waals surface area contributed by atoms with Gasteiger partial charge in [-0.2, -0.15) is 5.10 Å². The van der Waals surface area contributed by atoms with Crippen molar-refractivity contribution in [1.82, 2.24) is 40.5 Å². The molecular weight excluding hydrogens is 797 g/mol. The molecule has 5 atom stereocenters. The van der Waals surface area contributed by atoms with Gasteiger partial charge >= 0.3 is 0 Å². The van der Waals surface area contributed by atoms with Crippen LogP contribution in [0.1, 0.15) is 72.1 Å². The van der Waals surface area contributed by atoms with Crippen molar-refractivity contribution in [2.45, 2.75) is 63.4 Å². The summed E-state index contributed by atoms with van der Waals surface area (Å²) < 4.78 is 6.25. The Kier molecular flexibility index (Phi) is 10.8. The number of aromatic nitrogens is 3. The molecule has 5 aliphatic rings. The number of aromatic amines is 1. The number of amides is 3. The number of hydrogen-bond donors (Lipinski definition) is 5. The van der Waals surface area contributed by atoms with Gasteiger partial charge < -0.3 is 25.2 Å². The first-order valence-corrected chi connectivity index (χ1v) is 20.8. The van der Waals surface area contributed by atoms with Gasteiger partial charge in [-0.05, 0) is 62.6 Å². The lowest BCUT2D eigenvalue weighted by Crippen LogP contribution is -2.57. The summed E-state index contributed by atoms with van der Waals surface area (Å²) in [6.07, 6.45) is 9.03. The third kappa shape index (κ3) is 7.55. The number of halogens is 2. The maximum absolute atomic E-state index is 13.4. The van der Waals surface area contributed by atoms with Crippen molar-refractivity contribution in [3.8, 4) is 5.75 Å². The number of carbonyl (C=O) groups is 3. The number of imide groups is 1. The van der Waals surface area contributed by atoms with Crippen LogP contribution in [0.2, 0.25) is 10.0 Å². The Morgan fingerprint density at radius 2 is 1.71 bits per heavy atom. The lowest BCUT2D eigenvalue weighted by atomic mass is 9.93. The molecule has 3 saturated heterocycles. The number of ether oxygens (including phenoxy) is 1. The number of aliphatic hydroxyl groups excluding tert-OH is 2. The third-order valence-corrected chi connectivity index (χ3v) is 12.9. The Morgan fingerprint density at radius 1 is 0.949 bits per heavy atom. The van der Waals surface area contributed by atoms with Crippen LogP contribution >= 0.6 is 23.2 Å². The number of dihydropyridines is 1. The Bertz CT molecular complexity index is 2340. The zero-order chi connectivity index (χ0) is 40.9. The number of benzene rings is 2. The monoisotopic (exact) mass is 841 g/mol. The Hall–Kier alpha value is -5.03. The second-order valence-electron chi connectivity index (χ2n) is 15.8. The van der Waals surface area contributed by atoms with Crippen LogP contribution < -0.4 is 20.3 Å². The number of piperazine rings is 1. The van der Waals surface area contributed by atoms with Crippen molar-refractivity contribution in [2.24, 2.45) is 5.92 Å². The molecule has 0 spiro atoms. The van der Waals surface area contributed by atoms with Crippen molar-refractivity contribution in [3.63, 3.8) is 0 Å². The van der Waals surface area contributed by atoms with Crippen LogP contribution in [0.15, 0.2) is 67.1 Å². The van der Waals surface area contributed by atoms with Crippen molar-refractivity contribution < 1.29 is 29.3 Å². The topological polar surface area (TPSA) is 179 Å². The van der Waals surface area contributed by atoms with Gasteiger partial charge in [-0.25, -0.2) is 0 Å². The van der Waals surface area contributed by atoms with Crippen LogP contribution in [0, 0.1) is 5.92 Å². The van der Waals surface area contributed by atoms with Crippen LogP contribution in [-0.4, -0.2) is 116 Å². The minimum absolute atomic E-state index is 0.0116. The van der Waals surface area contributed by atoms with E-state index in [1.165, 1.54) is 4.90 Å². The van der Waals surface area contributed by atoms with Crippen molar-refractivity contribution in [1.29, 1.82) is 0 Å². The third-order valence-electron chi connectivity index (χ3n) is 12.3. The number of carbonyl (C=O) groups excluding carboxylic acids is 3. The quantitative estimate of drug-likeness (QED) is 0.151. The molecule has 59 heavy (non-hydrogen) atoms. The number of nitrogens with one attached hydrogen (secondary N) is 3. The minimum atomic E-state index is -1.25. The number of fused-ring (bicyclic) bond motifs is 2. The SMILES string of the molecule is C[C@@H](Oc1ccc2[nH]nc(C3=CNC(N4CCN(C(O)C5CCN(c6ccc7c(c6)C(=O)N(C6CCC(=O)NC6=O)C7O)CC5)CC4)C=C3)c2c1)c1c(Cl)cncc1Cl. The number of allylic oxidation sites excluding steroid dienone is 2. The number of anilines is 1. The highest BCUT2D eigenvalue weighted by atomic mass is 35.5. The molecule has 0 aliphatic carbocycles. The van der Waals surface area contributed by atoms with E-state index in [-0.39, 0.29) is 30.8 Å². The zero-order valence-corrected chi connectivity index (χ0v) is 33.9. The molecule has 2 aromatic carbocycles. The van der Waals surface area contributed by atoms with Crippen LogP contribution in [-0.2, 0) is 9.59 Å². The molecule has 2 aromatic heterocycles. The highest BCUT2D eigenvalue weighted by Crippen LogP contribution is 2.39. The molecule has 0 saturated carbocycles. The summed E-state index contributed by atoms with van der Waals surface area (Å²) in [5.74, 6) is -0.583. The summed E-state index contributed by atoms with van der Waals surface area (Å²) in [7, 11) is 0. The average molecular weight is 843 g/mol. The van der Waals surface area contributed by atoms with Crippen LogP contribution in [0.3, 0.4) is 0 Å². The first-order valence-electron chi connectivity index (χ1n) is 20.0. The van der Waals surface area contributed by atoms with E-state index in [0.29, 0.717) is 45.6 Å². The van der Waals surface area contributed by atoms with Crippen LogP contribution in [0.4, 0.5) is 5.69 Å². The van der Waals surface area contributed by atoms with Gasteiger partial charge in [0.05, 0.1) is 21.7 Å². The lowest BCUT2D eigenvalue weighted by molar-refractivity contribution is -0.139. The number of H-pyrrole nitrogens is 1. The van der Waals surface area contributed by atoms with Crippen LogP contribution in [0.5, 0.6) is 5.75 Å². The fourth-order valence-electron chi connectivity index (χ4n) is 9.05. The van der Waals surface area contributed by atoms with E-state index in [1.54, 1.807) is 24.5 Å². The van der Waals surface area contributed by atoms with E-state index in [4.69, 9.17) is 27.9 Å². The average Bonchev–Trinajstić information content (AvgIpc) is 3.77. The smallest absolute Gasteiger partial charge is 0.257 e. The van der Waals surface area contributed by atoms with Gasteiger partial charge in [-0.15, -0.1) is 0 Å². The van der Waals surface area contributed by atoms with Crippen LogP contribution in [0.25, 0.3) is 16.5 Å². The fraction of sp³-hybridized carbons (Fsp3) is 0.405. The number of hydrogen-bond acceptors (Lipinski definition) is 12. The second kappa shape index (κ2) is 16.2. The van der Waals surface area contributed by atoms with E-state index >= 15 is 0 Å². The van der Waals surface area contributed by atoms with Gasteiger partial charge in [0.2, 0.25) is 11.8 Å². The minimum Gasteiger partial charge on any atom is -0.486 e. The number of pyridine rings is 1. The zero-order valence-electron chi connectivity index (χ0n) is 32.4. The summed E-state index contributed by atoms with van der Waals surface area (Å²) in [5.41, 5.74) is 5.00. The maximum atomic E-state index is 13.4. The predicted octanol–water partition coefficient (Wildman–Crippen LogP) is 4.34. The summed E-state index contributed by atoms with van der Waals surface area (Å²) in [4.78, 5) is 49.5. The fourth-order valence-corrected chi connectivity index (χ4v) is 9.72. The van der Waals surface area contributed by atoms with Crippen molar-refractivity contribution in [3.05, 3.63) is 99.6 Å². The molecule has 5 N–H and O–H groups in total. The normalized spacial score (nSPS) is 24.2. The molecule has 308 valence electrons. The van der Waals surface area contributed by atoms with Gasteiger partial charge in [0.1, 0.15) is 29.8 Å². The Balaban J connectivity index is 0.762. The van der Waals surface area contributed by atoms with E-state index < -0.39 is 36.4 Å². The molecule has 3 amide bonds. The molecule has 4 aromatic rings. The van der Waals surface area contributed by atoms with Gasteiger partial charge in [0.25, 0.3) is 5.91 Å². The summed E-state index contributed by atoms with van der Waals surface area (Å²) in [6, 6.07) is 10.3. The molecule has 7 heterocycles. The van der Waals surface area contributed by atoms with E-state index in [2.05, 4.69) is 52.7 Å². The predicted molar refractivity (Wildman–Crippen MR) is 221 cm³/mol. The molecule has 17 heteroatoms. The standard InChI is InChI=1S/C42H45Cl2N9O6/c1-23(37-31(43)21-45-22-32(37)44)59-27-4-6-33-30(19-27)38(49-48-33)25-2-8-35(46-20-25)51-14-16-52(17-15-51)40(56)24-10-12-50(13-11-24)26-3-5-28-29(18-26)42(58)53(41(28)57)34-7-9-36(54)47-39(34)55/h2-6,8,18-24,34-35,40-41,46,56-57H,7,9-17H2,1H3,(H,48,49)(H,47,54,55)/t23-,34?,35?,40?,41?/m1/s1. The summed E-state index contributed by atoms with van der Waals surface area (Å²) in [5, 5.41) is 37.8. The Labute approximate surface area is 350 Å². The number of piperidine rings is 2. The van der Waals surface area contributed by atoms with E-state index in [1.807, 2.05) is 37.4 Å². The maximum Gasteiger partial charge on any atom is 0.257 e. The molecule has 15 nitrogen and oxygen atoms in total. The molecule has 0 radical (unpaired) electrons. The van der Waals surface area contributed by atoms with E-state index in [0.717, 1.165) is 66.9 Å². The first kappa shape index (κ1) is 39.4. The molecule has 5 aliphatic heterocycles. The molecule has 0 bridgehead atoms. The van der Waals surface area contributed by atoms with Gasteiger partial charge in [0.15, 0.2) is 6.23 Å². The summed E-state index contributed by atoms with van der Waals surface area (Å²) in [6.45, 7) is 6.39. The molecule has 3 fully saturated rings. The number of nitrogens with zero attached hydrogens (tertiary/aromatic N) is 6. The molecule has 9 rings (SSSR count). The Morgan fingerprint density at radius 3 is 2.42 bits per heavy atom. The molecule has 4 unspecified atom stereocenters. The number of aliphatic hydroxyl groups is 2. The highest BCUT2D eigenvalue weighted by Gasteiger charge is 2.45. The highest BCUT2D eigenvalue weighted by molar-refractivity contribution is 6.35. The van der Waals surface area contributed by atoms with E-state index in [9.17, 15) is 24.6 Å². The molecular formula is C42H45Cl2N9O6. The van der Waals surface area contributed by atoms with Crippen molar-refractivity contribution in [2.75, 3.05) is 44.2 Å². The first-order chi connectivity index (χ1) is 28.5.